The molecule has 0 aliphatic rings. The largest absolute Gasteiger partial charge is 0.294 e. The van der Waals surface area contributed by atoms with E-state index in [0.717, 1.165) is 0 Å². The molecule has 0 N–H and O–H groups in total. The molecule has 0 amide bonds. The summed E-state index contributed by atoms with van der Waals surface area (Å²) < 4.78 is 1.37. The SMILES string of the molecule is CC(C)n1nc(CC(=O)c2ccccc2Cl)ccc1=O. The van der Waals surface area contributed by atoms with Crippen LogP contribution >= 0.6 is 11.6 Å². The second-order valence-corrected chi connectivity index (χ2v) is 5.19. The summed E-state index contributed by atoms with van der Waals surface area (Å²) >= 11 is 6.00. The minimum Gasteiger partial charge on any atom is -0.294 e. The average molecular weight is 291 g/mol. The van der Waals surface area contributed by atoms with E-state index in [1.807, 2.05) is 13.8 Å². The highest BCUT2D eigenvalue weighted by Crippen LogP contribution is 2.16. The van der Waals surface area contributed by atoms with Crippen molar-refractivity contribution in [1.82, 2.24) is 9.78 Å². The Bertz CT molecular complexity index is 692. The van der Waals surface area contributed by atoms with E-state index in [4.69, 9.17) is 11.6 Å². The molecule has 20 heavy (non-hydrogen) atoms. The van der Waals surface area contributed by atoms with E-state index >= 15 is 0 Å². The molecule has 0 atom stereocenters. The van der Waals surface area contributed by atoms with Gasteiger partial charge < -0.3 is 0 Å². The zero-order valence-electron chi connectivity index (χ0n) is 11.3. The summed E-state index contributed by atoms with van der Waals surface area (Å²) in [5, 5.41) is 4.63. The Morgan fingerprint density at radius 3 is 2.60 bits per heavy atom. The van der Waals surface area contributed by atoms with Crippen LogP contribution in [0.1, 0.15) is 35.9 Å². The Labute approximate surface area is 122 Å². The van der Waals surface area contributed by atoms with Gasteiger partial charge in [-0.15, -0.1) is 0 Å². The lowest BCUT2D eigenvalue weighted by molar-refractivity contribution is 0.0991. The van der Waals surface area contributed by atoms with E-state index in [9.17, 15) is 9.59 Å². The van der Waals surface area contributed by atoms with Crippen molar-refractivity contribution in [1.29, 1.82) is 0 Å². The summed E-state index contributed by atoms with van der Waals surface area (Å²) in [5.74, 6) is -0.114. The van der Waals surface area contributed by atoms with E-state index in [-0.39, 0.29) is 23.8 Å². The Hall–Kier alpha value is -1.94. The fourth-order valence-electron chi connectivity index (χ4n) is 1.88. The molecule has 0 saturated heterocycles. The van der Waals surface area contributed by atoms with Gasteiger partial charge in [0.05, 0.1) is 23.2 Å². The molecule has 2 aromatic rings. The van der Waals surface area contributed by atoms with Crippen LogP contribution in [-0.2, 0) is 6.42 Å². The van der Waals surface area contributed by atoms with Crippen molar-refractivity contribution in [3.05, 3.63) is 63.0 Å². The smallest absolute Gasteiger partial charge is 0.266 e. The van der Waals surface area contributed by atoms with Gasteiger partial charge in [0, 0.05) is 11.6 Å². The number of rotatable bonds is 4. The number of carbonyl (C=O) groups is 1. The Kier molecular flexibility index (Phi) is 4.35. The van der Waals surface area contributed by atoms with Gasteiger partial charge in [-0.2, -0.15) is 5.10 Å². The molecular weight excluding hydrogens is 276 g/mol. The lowest BCUT2D eigenvalue weighted by Gasteiger charge is -2.09. The van der Waals surface area contributed by atoms with Crippen molar-refractivity contribution < 1.29 is 4.79 Å². The number of carbonyl (C=O) groups excluding carboxylic acids is 1. The average Bonchev–Trinajstić information content (AvgIpc) is 2.41. The van der Waals surface area contributed by atoms with E-state index in [0.29, 0.717) is 16.3 Å². The molecular formula is C15H15ClN2O2. The standard InChI is InChI=1S/C15H15ClN2O2/c1-10(2)18-15(20)8-7-11(17-18)9-14(19)12-5-3-4-6-13(12)16/h3-8,10H,9H2,1-2H3. The molecule has 4 nitrogen and oxygen atoms in total. The maximum Gasteiger partial charge on any atom is 0.266 e. The van der Waals surface area contributed by atoms with Crippen LogP contribution in [0.25, 0.3) is 0 Å². The van der Waals surface area contributed by atoms with Crippen molar-refractivity contribution in [3.8, 4) is 0 Å². The highest BCUT2D eigenvalue weighted by molar-refractivity contribution is 6.34. The van der Waals surface area contributed by atoms with E-state index in [2.05, 4.69) is 5.10 Å². The van der Waals surface area contributed by atoms with Gasteiger partial charge in [-0.1, -0.05) is 23.7 Å². The third-order valence-corrected chi connectivity index (χ3v) is 3.21. The molecule has 0 aliphatic heterocycles. The molecule has 0 fully saturated rings. The van der Waals surface area contributed by atoms with Crippen LogP contribution in [0.2, 0.25) is 5.02 Å². The van der Waals surface area contributed by atoms with Crippen LogP contribution < -0.4 is 5.56 Å². The number of hydrogen-bond donors (Lipinski definition) is 0. The van der Waals surface area contributed by atoms with Crippen LogP contribution in [0.4, 0.5) is 0 Å². The zero-order chi connectivity index (χ0) is 14.7. The quantitative estimate of drug-likeness (QED) is 0.814. The number of hydrogen-bond acceptors (Lipinski definition) is 3. The summed E-state index contributed by atoms with van der Waals surface area (Å²) in [4.78, 5) is 23.8. The number of ketones is 1. The monoisotopic (exact) mass is 290 g/mol. The first-order valence-electron chi connectivity index (χ1n) is 6.35. The van der Waals surface area contributed by atoms with Crippen LogP contribution in [0.3, 0.4) is 0 Å². The first-order chi connectivity index (χ1) is 9.49. The van der Waals surface area contributed by atoms with Gasteiger partial charge in [-0.05, 0) is 32.0 Å². The van der Waals surface area contributed by atoms with Gasteiger partial charge in [0.1, 0.15) is 0 Å². The lowest BCUT2D eigenvalue weighted by Crippen LogP contribution is -2.25. The van der Waals surface area contributed by atoms with E-state index in [1.165, 1.54) is 10.7 Å². The van der Waals surface area contributed by atoms with Crippen LogP contribution in [0.5, 0.6) is 0 Å². The third-order valence-electron chi connectivity index (χ3n) is 2.89. The fourth-order valence-corrected chi connectivity index (χ4v) is 2.12. The predicted octanol–water partition coefficient (Wildman–Crippen LogP) is 2.90. The molecule has 0 unspecified atom stereocenters. The van der Waals surface area contributed by atoms with Gasteiger partial charge in [0.15, 0.2) is 5.78 Å². The molecule has 0 spiro atoms. The molecule has 0 aliphatic carbocycles. The van der Waals surface area contributed by atoms with E-state index in [1.54, 1.807) is 30.3 Å². The van der Waals surface area contributed by atoms with Crippen LogP contribution in [-0.4, -0.2) is 15.6 Å². The summed E-state index contributed by atoms with van der Waals surface area (Å²) in [6.45, 7) is 3.74. The van der Waals surface area contributed by atoms with Crippen molar-refractivity contribution >= 4 is 17.4 Å². The summed E-state index contributed by atoms with van der Waals surface area (Å²) in [5.41, 5.74) is 0.857. The zero-order valence-corrected chi connectivity index (χ0v) is 12.1. The number of aromatic nitrogens is 2. The second kappa shape index (κ2) is 6.01. The van der Waals surface area contributed by atoms with Crippen molar-refractivity contribution in [2.75, 3.05) is 0 Å². The first-order valence-corrected chi connectivity index (χ1v) is 6.73. The Morgan fingerprint density at radius 2 is 1.95 bits per heavy atom. The molecule has 5 heteroatoms. The van der Waals surface area contributed by atoms with Gasteiger partial charge in [-0.25, -0.2) is 4.68 Å². The second-order valence-electron chi connectivity index (χ2n) is 4.78. The summed E-state index contributed by atoms with van der Waals surface area (Å²) in [6, 6.07) is 9.87. The first kappa shape index (κ1) is 14.5. The van der Waals surface area contributed by atoms with Gasteiger partial charge >= 0.3 is 0 Å². The Balaban J connectivity index is 2.27. The number of Topliss-reactive ketones (excluding diaryl/α,β-unsaturated/α-hetero) is 1. The molecule has 1 heterocycles. The topological polar surface area (TPSA) is 52.0 Å². The summed E-state index contributed by atoms with van der Waals surface area (Å²) in [6.07, 6.45) is 0.122. The van der Waals surface area contributed by atoms with Crippen LogP contribution in [0, 0.1) is 0 Å². The molecule has 0 bridgehead atoms. The lowest BCUT2D eigenvalue weighted by atomic mass is 10.1. The highest BCUT2D eigenvalue weighted by atomic mass is 35.5. The van der Waals surface area contributed by atoms with Crippen molar-refractivity contribution in [2.45, 2.75) is 26.3 Å². The Morgan fingerprint density at radius 1 is 1.25 bits per heavy atom. The number of nitrogens with zero attached hydrogens (tertiary/aromatic N) is 2. The van der Waals surface area contributed by atoms with Gasteiger partial charge in [0.2, 0.25) is 0 Å². The molecule has 1 aromatic carbocycles. The van der Waals surface area contributed by atoms with Gasteiger partial charge in [-0.3, -0.25) is 9.59 Å². The third kappa shape index (κ3) is 3.14. The fraction of sp³-hybridized carbons (Fsp3) is 0.267. The molecule has 104 valence electrons. The van der Waals surface area contributed by atoms with E-state index < -0.39 is 0 Å². The van der Waals surface area contributed by atoms with Crippen molar-refractivity contribution in [3.63, 3.8) is 0 Å². The minimum atomic E-state index is -0.172. The van der Waals surface area contributed by atoms with Crippen molar-refractivity contribution in [2.24, 2.45) is 0 Å². The molecule has 0 saturated carbocycles. The summed E-state index contributed by atoms with van der Waals surface area (Å²) in [7, 11) is 0. The maximum atomic E-state index is 12.2. The molecule has 0 radical (unpaired) electrons. The number of benzene rings is 1. The number of halogens is 1. The van der Waals surface area contributed by atoms with Gasteiger partial charge in [0.25, 0.3) is 5.56 Å². The predicted molar refractivity (Wildman–Crippen MR) is 78.4 cm³/mol. The normalized spacial score (nSPS) is 10.8. The minimum absolute atomic E-state index is 0.0436. The highest BCUT2D eigenvalue weighted by Gasteiger charge is 2.12. The molecule has 1 aromatic heterocycles. The van der Waals surface area contributed by atoms with Crippen LogP contribution in [0.15, 0.2) is 41.2 Å². The molecule has 2 rings (SSSR count). The maximum absolute atomic E-state index is 12.2.